The van der Waals surface area contributed by atoms with Crippen molar-refractivity contribution in [3.05, 3.63) is 34.9 Å². The highest BCUT2D eigenvalue weighted by atomic mass is 35.5. The molecule has 0 saturated heterocycles. The third-order valence-corrected chi connectivity index (χ3v) is 4.10. The maximum Gasteiger partial charge on any atom is 0.0450 e. The van der Waals surface area contributed by atoms with Crippen LogP contribution in [0.25, 0.3) is 0 Å². The van der Waals surface area contributed by atoms with Gasteiger partial charge in [-0.3, -0.25) is 0 Å². The molecule has 1 N–H and O–H groups in total. The Morgan fingerprint density at radius 3 is 2.65 bits per heavy atom. The summed E-state index contributed by atoms with van der Waals surface area (Å²) in [6.45, 7) is 2.02. The van der Waals surface area contributed by atoms with Crippen molar-refractivity contribution < 1.29 is 0 Å². The SMILES string of the molecule is Clc1ccccc1CNCCC1CCCCC1. The normalized spacial score (nSPS) is 17.2. The summed E-state index contributed by atoms with van der Waals surface area (Å²) in [4.78, 5) is 0. The lowest BCUT2D eigenvalue weighted by Gasteiger charge is -2.21. The quantitative estimate of drug-likeness (QED) is 0.765. The van der Waals surface area contributed by atoms with Crippen LogP contribution in [-0.2, 0) is 6.54 Å². The molecule has 0 radical (unpaired) electrons. The molecule has 1 nitrogen and oxygen atoms in total. The monoisotopic (exact) mass is 251 g/mol. The van der Waals surface area contributed by atoms with E-state index >= 15 is 0 Å². The molecule has 0 aliphatic heterocycles. The second-order valence-electron chi connectivity index (χ2n) is 5.06. The molecule has 0 heterocycles. The molecule has 1 aromatic carbocycles. The largest absolute Gasteiger partial charge is 0.313 e. The molecule has 0 amide bonds. The standard InChI is InChI=1S/C15H22ClN/c16-15-9-5-4-8-14(15)12-17-11-10-13-6-2-1-3-7-13/h4-5,8-9,13,17H,1-3,6-7,10-12H2. The number of rotatable bonds is 5. The van der Waals surface area contributed by atoms with Gasteiger partial charge in [0.25, 0.3) is 0 Å². The molecule has 1 aliphatic rings. The Hall–Kier alpha value is -0.530. The van der Waals surface area contributed by atoms with Gasteiger partial charge in [0.2, 0.25) is 0 Å². The second kappa shape index (κ2) is 7.03. The molecule has 0 aromatic heterocycles. The highest BCUT2D eigenvalue weighted by Crippen LogP contribution is 2.25. The average Bonchev–Trinajstić information content (AvgIpc) is 2.38. The molecule has 1 fully saturated rings. The molecule has 0 unspecified atom stereocenters. The number of benzene rings is 1. The van der Waals surface area contributed by atoms with Gasteiger partial charge in [0.15, 0.2) is 0 Å². The van der Waals surface area contributed by atoms with E-state index in [1.807, 2.05) is 18.2 Å². The maximum atomic E-state index is 6.11. The van der Waals surface area contributed by atoms with Gasteiger partial charge in [0, 0.05) is 11.6 Å². The van der Waals surface area contributed by atoms with Crippen molar-refractivity contribution in [2.24, 2.45) is 5.92 Å². The van der Waals surface area contributed by atoms with Gasteiger partial charge in [-0.2, -0.15) is 0 Å². The lowest BCUT2D eigenvalue weighted by atomic mass is 9.87. The van der Waals surface area contributed by atoms with Crippen LogP contribution in [-0.4, -0.2) is 6.54 Å². The molecule has 17 heavy (non-hydrogen) atoms. The van der Waals surface area contributed by atoms with Crippen LogP contribution in [0, 0.1) is 5.92 Å². The Balaban J connectivity index is 1.64. The van der Waals surface area contributed by atoms with E-state index in [2.05, 4.69) is 11.4 Å². The van der Waals surface area contributed by atoms with Crippen LogP contribution in [0.5, 0.6) is 0 Å². The predicted octanol–water partition coefficient (Wildman–Crippen LogP) is 4.40. The zero-order valence-corrected chi connectivity index (χ0v) is 11.2. The Morgan fingerprint density at radius 1 is 1.12 bits per heavy atom. The number of hydrogen-bond donors (Lipinski definition) is 1. The van der Waals surface area contributed by atoms with Gasteiger partial charge in [-0.25, -0.2) is 0 Å². The number of halogens is 1. The van der Waals surface area contributed by atoms with Gasteiger partial charge in [-0.1, -0.05) is 61.9 Å². The predicted molar refractivity (Wildman–Crippen MR) is 74.4 cm³/mol. The first kappa shape index (κ1) is 12.9. The summed E-state index contributed by atoms with van der Waals surface area (Å²) in [5.74, 6) is 0.961. The Labute approximate surface area is 110 Å². The van der Waals surface area contributed by atoms with Crippen LogP contribution in [0.3, 0.4) is 0 Å². The lowest BCUT2D eigenvalue weighted by molar-refractivity contribution is 0.334. The first-order chi connectivity index (χ1) is 8.36. The van der Waals surface area contributed by atoms with Crippen molar-refractivity contribution in [2.45, 2.75) is 45.1 Å². The van der Waals surface area contributed by atoms with Crippen LogP contribution in [0.4, 0.5) is 0 Å². The summed E-state index contributed by atoms with van der Waals surface area (Å²) < 4.78 is 0. The summed E-state index contributed by atoms with van der Waals surface area (Å²) in [6.07, 6.45) is 8.53. The zero-order valence-electron chi connectivity index (χ0n) is 10.4. The van der Waals surface area contributed by atoms with Gasteiger partial charge < -0.3 is 5.32 Å². The minimum absolute atomic E-state index is 0.873. The Kier molecular flexibility index (Phi) is 5.34. The molecule has 2 rings (SSSR count). The molecule has 0 atom stereocenters. The van der Waals surface area contributed by atoms with E-state index in [-0.39, 0.29) is 0 Å². The van der Waals surface area contributed by atoms with Crippen molar-refractivity contribution in [1.82, 2.24) is 5.32 Å². The van der Waals surface area contributed by atoms with Gasteiger partial charge in [0.1, 0.15) is 0 Å². The summed E-state index contributed by atoms with van der Waals surface area (Å²) in [5, 5.41) is 4.38. The molecule has 1 aromatic rings. The van der Waals surface area contributed by atoms with E-state index in [0.29, 0.717) is 0 Å². The van der Waals surface area contributed by atoms with Crippen molar-refractivity contribution in [3.63, 3.8) is 0 Å². The van der Waals surface area contributed by atoms with E-state index in [1.54, 1.807) is 0 Å². The molecular weight excluding hydrogens is 230 g/mol. The highest BCUT2D eigenvalue weighted by molar-refractivity contribution is 6.31. The van der Waals surface area contributed by atoms with E-state index in [1.165, 1.54) is 44.1 Å². The first-order valence-electron chi connectivity index (χ1n) is 6.80. The molecular formula is C15H22ClN. The fourth-order valence-electron chi connectivity index (χ4n) is 2.65. The molecule has 0 bridgehead atoms. The number of hydrogen-bond acceptors (Lipinski definition) is 1. The Bertz CT molecular complexity index is 331. The van der Waals surface area contributed by atoms with Gasteiger partial charge in [-0.05, 0) is 30.5 Å². The highest BCUT2D eigenvalue weighted by Gasteiger charge is 2.12. The van der Waals surface area contributed by atoms with Gasteiger partial charge in [-0.15, -0.1) is 0 Å². The smallest absolute Gasteiger partial charge is 0.0450 e. The minimum atomic E-state index is 0.873. The summed E-state index contributed by atoms with van der Waals surface area (Å²) >= 11 is 6.11. The minimum Gasteiger partial charge on any atom is -0.313 e. The van der Waals surface area contributed by atoms with E-state index in [0.717, 1.165) is 24.0 Å². The van der Waals surface area contributed by atoms with Crippen LogP contribution in [0.15, 0.2) is 24.3 Å². The van der Waals surface area contributed by atoms with E-state index in [9.17, 15) is 0 Å². The molecule has 0 spiro atoms. The molecule has 1 saturated carbocycles. The molecule has 1 aliphatic carbocycles. The lowest BCUT2D eigenvalue weighted by Crippen LogP contribution is -2.19. The van der Waals surface area contributed by atoms with Crippen molar-refractivity contribution in [1.29, 1.82) is 0 Å². The number of nitrogens with one attached hydrogen (secondary N) is 1. The van der Waals surface area contributed by atoms with Crippen molar-refractivity contribution in [2.75, 3.05) is 6.54 Å². The van der Waals surface area contributed by atoms with Crippen LogP contribution in [0.1, 0.15) is 44.1 Å². The molecule has 94 valence electrons. The summed E-state index contributed by atoms with van der Waals surface area (Å²) in [6, 6.07) is 8.08. The fourth-order valence-corrected chi connectivity index (χ4v) is 2.85. The summed E-state index contributed by atoms with van der Waals surface area (Å²) in [5.41, 5.74) is 1.21. The van der Waals surface area contributed by atoms with E-state index in [4.69, 9.17) is 11.6 Å². The second-order valence-corrected chi connectivity index (χ2v) is 5.47. The van der Waals surface area contributed by atoms with Crippen molar-refractivity contribution >= 4 is 11.6 Å². The average molecular weight is 252 g/mol. The van der Waals surface area contributed by atoms with E-state index < -0.39 is 0 Å². The zero-order chi connectivity index (χ0) is 11.9. The van der Waals surface area contributed by atoms with Crippen LogP contribution < -0.4 is 5.32 Å². The maximum absolute atomic E-state index is 6.11. The third-order valence-electron chi connectivity index (χ3n) is 3.73. The third kappa shape index (κ3) is 4.33. The fraction of sp³-hybridized carbons (Fsp3) is 0.600. The van der Waals surface area contributed by atoms with Gasteiger partial charge in [0.05, 0.1) is 0 Å². The van der Waals surface area contributed by atoms with Crippen LogP contribution >= 0.6 is 11.6 Å². The topological polar surface area (TPSA) is 12.0 Å². The van der Waals surface area contributed by atoms with Gasteiger partial charge >= 0.3 is 0 Å². The van der Waals surface area contributed by atoms with Crippen LogP contribution in [0.2, 0.25) is 5.02 Å². The Morgan fingerprint density at radius 2 is 1.88 bits per heavy atom. The first-order valence-corrected chi connectivity index (χ1v) is 7.18. The molecule has 2 heteroatoms. The summed E-state index contributed by atoms with van der Waals surface area (Å²) in [7, 11) is 0. The van der Waals surface area contributed by atoms with Crippen molar-refractivity contribution in [3.8, 4) is 0 Å².